The van der Waals surface area contributed by atoms with E-state index in [9.17, 15) is 0 Å². The fourth-order valence-electron chi connectivity index (χ4n) is 2.69. The van der Waals surface area contributed by atoms with Crippen molar-refractivity contribution in [3.8, 4) is 5.75 Å². The van der Waals surface area contributed by atoms with Gasteiger partial charge in [0, 0.05) is 19.1 Å². The normalized spacial score (nSPS) is 16.4. The van der Waals surface area contributed by atoms with E-state index in [2.05, 4.69) is 36.1 Å². The van der Waals surface area contributed by atoms with Crippen LogP contribution in [0.2, 0.25) is 0 Å². The summed E-state index contributed by atoms with van der Waals surface area (Å²) < 4.78 is 5.99. The van der Waals surface area contributed by atoms with E-state index in [4.69, 9.17) is 10.5 Å². The Morgan fingerprint density at radius 1 is 1.15 bits per heavy atom. The predicted octanol–water partition coefficient (Wildman–Crippen LogP) is 3.57. The van der Waals surface area contributed by atoms with Crippen LogP contribution in [0.25, 0.3) is 0 Å². The van der Waals surface area contributed by atoms with Crippen LogP contribution in [0.1, 0.15) is 45.4 Å². The van der Waals surface area contributed by atoms with Crippen molar-refractivity contribution in [1.29, 1.82) is 0 Å². The molecule has 3 nitrogen and oxygen atoms in total. The number of rotatable bonds is 7. The second kappa shape index (κ2) is 8.15. The topological polar surface area (TPSA) is 38.5 Å². The summed E-state index contributed by atoms with van der Waals surface area (Å²) in [5, 5.41) is 0. The van der Waals surface area contributed by atoms with Gasteiger partial charge in [-0.3, -0.25) is 0 Å². The van der Waals surface area contributed by atoms with E-state index in [0.29, 0.717) is 6.04 Å². The number of ether oxygens (including phenoxy) is 1. The number of nitrogens with zero attached hydrogens (tertiary/aromatic N) is 1. The molecule has 2 rings (SSSR count). The van der Waals surface area contributed by atoms with Gasteiger partial charge in [-0.1, -0.05) is 38.3 Å². The molecule has 0 radical (unpaired) electrons. The Balaban J connectivity index is 1.89. The summed E-state index contributed by atoms with van der Waals surface area (Å²) >= 11 is 0. The van der Waals surface area contributed by atoms with E-state index in [1.807, 2.05) is 0 Å². The van der Waals surface area contributed by atoms with Crippen LogP contribution in [0.5, 0.6) is 5.75 Å². The molecule has 112 valence electrons. The Morgan fingerprint density at radius 3 is 2.65 bits per heavy atom. The molecule has 0 spiro atoms. The molecule has 2 N–H and O–H groups in total. The average Bonchev–Trinajstić information content (AvgIpc) is 2.48. The molecule has 0 aromatic heterocycles. The molecule has 0 unspecified atom stereocenters. The highest BCUT2D eigenvalue weighted by Gasteiger charge is 2.18. The standard InChI is InChI=1S/C17H28N2O/c1-2-3-4-7-14-20-17-9-6-5-8-16(17)19-12-10-15(18)11-13-19/h5-6,8-9,15H,2-4,7,10-14,18H2,1H3. The third kappa shape index (κ3) is 4.41. The smallest absolute Gasteiger partial charge is 0.142 e. The van der Waals surface area contributed by atoms with Crippen LogP contribution in [0, 0.1) is 0 Å². The fourth-order valence-corrected chi connectivity index (χ4v) is 2.69. The van der Waals surface area contributed by atoms with Gasteiger partial charge in [-0.05, 0) is 31.4 Å². The molecule has 20 heavy (non-hydrogen) atoms. The van der Waals surface area contributed by atoms with E-state index in [1.165, 1.54) is 24.9 Å². The first-order valence-electron chi connectivity index (χ1n) is 8.03. The largest absolute Gasteiger partial charge is 0.491 e. The molecular weight excluding hydrogens is 248 g/mol. The van der Waals surface area contributed by atoms with E-state index in [1.54, 1.807) is 0 Å². The number of hydrogen-bond acceptors (Lipinski definition) is 3. The summed E-state index contributed by atoms with van der Waals surface area (Å²) in [6.07, 6.45) is 7.12. The van der Waals surface area contributed by atoms with Crippen molar-refractivity contribution in [2.45, 2.75) is 51.5 Å². The summed E-state index contributed by atoms with van der Waals surface area (Å²) in [6.45, 7) is 5.14. The van der Waals surface area contributed by atoms with Gasteiger partial charge in [-0.2, -0.15) is 0 Å². The lowest BCUT2D eigenvalue weighted by Gasteiger charge is -2.33. The first-order valence-corrected chi connectivity index (χ1v) is 8.03. The maximum absolute atomic E-state index is 5.99. The van der Waals surface area contributed by atoms with Crippen molar-refractivity contribution in [1.82, 2.24) is 0 Å². The zero-order valence-corrected chi connectivity index (χ0v) is 12.7. The van der Waals surface area contributed by atoms with Crippen LogP contribution >= 0.6 is 0 Å². The molecule has 0 amide bonds. The Labute approximate surface area is 123 Å². The number of para-hydroxylation sites is 2. The van der Waals surface area contributed by atoms with Crippen molar-refractivity contribution in [3.63, 3.8) is 0 Å². The maximum atomic E-state index is 5.99. The molecule has 1 aromatic rings. The highest BCUT2D eigenvalue weighted by atomic mass is 16.5. The lowest BCUT2D eigenvalue weighted by molar-refractivity contribution is 0.304. The van der Waals surface area contributed by atoms with Crippen LogP contribution in [0.15, 0.2) is 24.3 Å². The van der Waals surface area contributed by atoms with E-state index in [-0.39, 0.29) is 0 Å². The Kier molecular flexibility index (Phi) is 6.19. The van der Waals surface area contributed by atoms with Crippen molar-refractivity contribution in [3.05, 3.63) is 24.3 Å². The number of unbranched alkanes of at least 4 members (excludes halogenated alkanes) is 3. The minimum Gasteiger partial charge on any atom is -0.491 e. The van der Waals surface area contributed by atoms with Crippen LogP contribution in [0.4, 0.5) is 5.69 Å². The molecule has 3 heteroatoms. The highest BCUT2D eigenvalue weighted by Crippen LogP contribution is 2.30. The number of benzene rings is 1. The minimum absolute atomic E-state index is 0.369. The van der Waals surface area contributed by atoms with Gasteiger partial charge in [0.2, 0.25) is 0 Å². The number of piperidine rings is 1. The Morgan fingerprint density at radius 2 is 1.90 bits per heavy atom. The zero-order chi connectivity index (χ0) is 14.2. The number of hydrogen-bond donors (Lipinski definition) is 1. The van der Waals surface area contributed by atoms with Gasteiger partial charge in [0.15, 0.2) is 0 Å². The molecule has 1 aromatic carbocycles. The molecule has 1 aliphatic heterocycles. The summed E-state index contributed by atoms with van der Waals surface area (Å²) in [5.74, 6) is 1.03. The van der Waals surface area contributed by atoms with Gasteiger partial charge in [-0.25, -0.2) is 0 Å². The predicted molar refractivity (Wildman–Crippen MR) is 85.5 cm³/mol. The minimum atomic E-state index is 0.369. The van der Waals surface area contributed by atoms with Crippen molar-refractivity contribution >= 4 is 5.69 Å². The van der Waals surface area contributed by atoms with Crippen molar-refractivity contribution < 1.29 is 4.74 Å². The van der Waals surface area contributed by atoms with Gasteiger partial charge in [0.25, 0.3) is 0 Å². The fraction of sp³-hybridized carbons (Fsp3) is 0.647. The third-order valence-electron chi connectivity index (χ3n) is 4.00. The van der Waals surface area contributed by atoms with Gasteiger partial charge in [-0.15, -0.1) is 0 Å². The van der Waals surface area contributed by atoms with Crippen LogP contribution < -0.4 is 15.4 Å². The third-order valence-corrected chi connectivity index (χ3v) is 4.00. The average molecular weight is 276 g/mol. The first kappa shape index (κ1) is 15.2. The van der Waals surface area contributed by atoms with Gasteiger partial charge < -0.3 is 15.4 Å². The number of nitrogens with two attached hydrogens (primary N) is 1. The molecule has 0 saturated carbocycles. The Hall–Kier alpha value is -1.22. The summed E-state index contributed by atoms with van der Waals surface area (Å²) in [6, 6.07) is 8.77. The molecule has 0 bridgehead atoms. The maximum Gasteiger partial charge on any atom is 0.142 e. The zero-order valence-electron chi connectivity index (χ0n) is 12.7. The quantitative estimate of drug-likeness (QED) is 0.774. The van der Waals surface area contributed by atoms with E-state index < -0.39 is 0 Å². The van der Waals surface area contributed by atoms with Crippen molar-refractivity contribution in [2.75, 3.05) is 24.6 Å². The van der Waals surface area contributed by atoms with Crippen LogP contribution in [0.3, 0.4) is 0 Å². The lowest BCUT2D eigenvalue weighted by Crippen LogP contribution is -2.39. The van der Waals surface area contributed by atoms with E-state index >= 15 is 0 Å². The Bertz CT molecular complexity index is 386. The molecule has 0 aliphatic carbocycles. The summed E-state index contributed by atoms with van der Waals surface area (Å²) in [4.78, 5) is 2.41. The van der Waals surface area contributed by atoms with Crippen LogP contribution in [-0.4, -0.2) is 25.7 Å². The SMILES string of the molecule is CCCCCCOc1ccccc1N1CCC(N)CC1. The molecule has 1 heterocycles. The molecule has 1 saturated heterocycles. The highest BCUT2D eigenvalue weighted by molar-refractivity contribution is 5.58. The molecule has 1 fully saturated rings. The number of anilines is 1. The molecule has 0 atom stereocenters. The summed E-state index contributed by atoms with van der Waals surface area (Å²) in [7, 11) is 0. The van der Waals surface area contributed by atoms with Gasteiger partial charge >= 0.3 is 0 Å². The first-order chi connectivity index (χ1) is 9.81. The van der Waals surface area contributed by atoms with Crippen molar-refractivity contribution in [2.24, 2.45) is 5.73 Å². The molecule has 1 aliphatic rings. The van der Waals surface area contributed by atoms with Gasteiger partial charge in [0.1, 0.15) is 5.75 Å². The lowest BCUT2D eigenvalue weighted by atomic mass is 10.1. The van der Waals surface area contributed by atoms with E-state index in [0.717, 1.165) is 44.7 Å². The second-order valence-electron chi connectivity index (χ2n) is 5.70. The summed E-state index contributed by atoms with van der Waals surface area (Å²) in [5.41, 5.74) is 7.21. The second-order valence-corrected chi connectivity index (χ2v) is 5.70. The van der Waals surface area contributed by atoms with Gasteiger partial charge in [0.05, 0.1) is 12.3 Å². The van der Waals surface area contributed by atoms with Crippen LogP contribution in [-0.2, 0) is 0 Å². The molecular formula is C17H28N2O. The monoisotopic (exact) mass is 276 g/mol.